The lowest BCUT2D eigenvalue weighted by Crippen LogP contribution is -2.18. The van der Waals surface area contributed by atoms with Gasteiger partial charge in [-0.1, -0.05) is 12.1 Å². The van der Waals surface area contributed by atoms with E-state index in [1.54, 1.807) is 12.1 Å². The second-order valence-electron chi connectivity index (χ2n) is 6.64. The van der Waals surface area contributed by atoms with E-state index >= 15 is 0 Å². The van der Waals surface area contributed by atoms with E-state index in [-0.39, 0.29) is 23.5 Å². The fourth-order valence-corrected chi connectivity index (χ4v) is 3.57. The van der Waals surface area contributed by atoms with Gasteiger partial charge in [0.05, 0.1) is 0 Å². The molecule has 0 saturated heterocycles. The normalized spacial score (nSPS) is 19.8. The fraction of sp³-hybridized carbons (Fsp3) is 0.333. The summed E-state index contributed by atoms with van der Waals surface area (Å²) >= 11 is 0. The second-order valence-corrected chi connectivity index (χ2v) is 6.64. The van der Waals surface area contributed by atoms with E-state index in [2.05, 4.69) is 20.4 Å². The van der Waals surface area contributed by atoms with Crippen molar-refractivity contribution < 1.29 is 14.3 Å². The highest BCUT2D eigenvalue weighted by atomic mass is 19.1. The summed E-state index contributed by atoms with van der Waals surface area (Å²) in [5.74, 6) is -0.468. The van der Waals surface area contributed by atoms with Crippen molar-refractivity contribution in [2.75, 3.05) is 5.32 Å². The van der Waals surface area contributed by atoms with E-state index < -0.39 is 5.97 Å². The van der Waals surface area contributed by atoms with Gasteiger partial charge in [-0.2, -0.15) is 9.50 Å². The monoisotopic (exact) mass is 355 g/mol. The van der Waals surface area contributed by atoms with Crippen molar-refractivity contribution in [3.63, 3.8) is 0 Å². The molecule has 0 aliphatic heterocycles. The molecule has 134 valence electrons. The Kier molecular flexibility index (Phi) is 4.02. The van der Waals surface area contributed by atoms with Crippen molar-refractivity contribution in [2.24, 2.45) is 0 Å². The number of aromatic carboxylic acids is 1. The number of carboxylic acid groups (broad SMARTS) is 1. The Morgan fingerprint density at radius 2 is 2.15 bits per heavy atom. The molecule has 0 unspecified atom stereocenters. The first-order valence-corrected chi connectivity index (χ1v) is 8.49. The number of aromatic nitrogens is 4. The Labute approximate surface area is 148 Å². The standard InChI is InChI=1S/C18H18FN5O2/c1-10-7-15(24-18(20-10)22-16(23-24)17(25)26)21-14-6-5-12(9-14)11-3-2-4-13(19)8-11/h2-4,7-8,12,14,21H,5-6,9H2,1H3,(H,25,26)/t12-,14-/m0/s1. The van der Waals surface area contributed by atoms with Gasteiger partial charge in [-0.3, -0.25) is 0 Å². The predicted molar refractivity (Wildman–Crippen MR) is 92.9 cm³/mol. The van der Waals surface area contributed by atoms with Crippen LogP contribution in [-0.2, 0) is 0 Å². The SMILES string of the molecule is Cc1cc(N[C@H]2CC[C@H](c3cccc(F)c3)C2)n2nc(C(=O)O)nc2n1. The first-order valence-electron chi connectivity index (χ1n) is 8.49. The molecule has 0 amide bonds. The summed E-state index contributed by atoms with van der Waals surface area (Å²) < 4.78 is 14.9. The Morgan fingerprint density at radius 3 is 2.92 bits per heavy atom. The van der Waals surface area contributed by atoms with Crippen LogP contribution in [0.1, 0.15) is 47.1 Å². The lowest BCUT2D eigenvalue weighted by Gasteiger charge is -2.16. The Morgan fingerprint density at radius 1 is 1.31 bits per heavy atom. The summed E-state index contributed by atoms with van der Waals surface area (Å²) in [7, 11) is 0. The van der Waals surface area contributed by atoms with Crippen LogP contribution in [0.15, 0.2) is 30.3 Å². The number of hydrogen-bond donors (Lipinski definition) is 2. The van der Waals surface area contributed by atoms with Gasteiger partial charge in [0.1, 0.15) is 11.6 Å². The highest BCUT2D eigenvalue weighted by Gasteiger charge is 2.27. The molecule has 1 saturated carbocycles. The molecular formula is C18H18FN5O2. The maximum Gasteiger partial charge on any atom is 0.375 e. The van der Waals surface area contributed by atoms with Gasteiger partial charge in [-0.15, -0.1) is 5.10 Å². The highest BCUT2D eigenvalue weighted by Crippen LogP contribution is 2.36. The maximum atomic E-state index is 13.5. The summed E-state index contributed by atoms with van der Waals surface area (Å²) in [6, 6.07) is 8.76. The van der Waals surface area contributed by atoms with Gasteiger partial charge in [-0.25, -0.2) is 14.2 Å². The van der Waals surface area contributed by atoms with Gasteiger partial charge in [0, 0.05) is 17.8 Å². The lowest BCUT2D eigenvalue weighted by molar-refractivity contribution is 0.0684. The average molecular weight is 355 g/mol. The van der Waals surface area contributed by atoms with Crippen LogP contribution in [0.4, 0.5) is 10.2 Å². The zero-order valence-corrected chi connectivity index (χ0v) is 14.2. The topological polar surface area (TPSA) is 92.4 Å². The molecular weight excluding hydrogens is 337 g/mol. The summed E-state index contributed by atoms with van der Waals surface area (Å²) in [4.78, 5) is 19.3. The van der Waals surface area contributed by atoms with E-state index in [9.17, 15) is 9.18 Å². The van der Waals surface area contributed by atoms with Crippen molar-refractivity contribution in [1.82, 2.24) is 19.6 Å². The van der Waals surface area contributed by atoms with Crippen LogP contribution in [0.5, 0.6) is 0 Å². The minimum absolute atomic E-state index is 0.186. The van der Waals surface area contributed by atoms with E-state index in [0.29, 0.717) is 11.7 Å². The molecule has 0 spiro atoms. The molecule has 1 aliphatic rings. The molecule has 0 radical (unpaired) electrons. The molecule has 1 aromatic carbocycles. The minimum atomic E-state index is -1.19. The molecule has 26 heavy (non-hydrogen) atoms. The van der Waals surface area contributed by atoms with E-state index in [1.807, 2.05) is 19.1 Å². The van der Waals surface area contributed by atoms with Crippen LogP contribution in [-0.4, -0.2) is 36.7 Å². The van der Waals surface area contributed by atoms with Crippen LogP contribution in [0.2, 0.25) is 0 Å². The third-order valence-corrected chi connectivity index (χ3v) is 4.74. The molecule has 8 heteroatoms. The maximum absolute atomic E-state index is 13.5. The van der Waals surface area contributed by atoms with E-state index in [1.165, 1.54) is 10.6 Å². The predicted octanol–water partition coefficient (Wildman–Crippen LogP) is 3.02. The number of rotatable bonds is 4. The molecule has 0 bridgehead atoms. The Hall–Kier alpha value is -3.03. The molecule has 2 heterocycles. The molecule has 1 aliphatic carbocycles. The van der Waals surface area contributed by atoms with E-state index in [4.69, 9.17) is 5.11 Å². The third kappa shape index (κ3) is 3.10. The van der Waals surface area contributed by atoms with Gasteiger partial charge in [0.2, 0.25) is 0 Å². The molecule has 2 N–H and O–H groups in total. The van der Waals surface area contributed by atoms with Gasteiger partial charge in [0.15, 0.2) is 0 Å². The number of carboxylic acids is 1. The van der Waals surface area contributed by atoms with Gasteiger partial charge >= 0.3 is 5.97 Å². The zero-order chi connectivity index (χ0) is 18.3. The van der Waals surface area contributed by atoms with Crippen LogP contribution >= 0.6 is 0 Å². The van der Waals surface area contributed by atoms with Crippen LogP contribution in [0, 0.1) is 12.7 Å². The van der Waals surface area contributed by atoms with Crippen molar-refractivity contribution in [1.29, 1.82) is 0 Å². The minimum Gasteiger partial charge on any atom is -0.475 e. The molecule has 4 rings (SSSR count). The molecule has 7 nitrogen and oxygen atoms in total. The summed E-state index contributed by atoms with van der Waals surface area (Å²) in [5.41, 5.74) is 1.74. The van der Waals surface area contributed by atoms with Crippen LogP contribution in [0.3, 0.4) is 0 Å². The number of halogens is 1. The number of benzene rings is 1. The van der Waals surface area contributed by atoms with Crippen molar-refractivity contribution >= 4 is 17.6 Å². The summed E-state index contributed by atoms with van der Waals surface area (Å²) in [5, 5.41) is 16.5. The largest absolute Gasteiger partial charge is 0.475 e. The number of nitrogens with zero attached hydrogens (tertiary/aromatic N) is 4. The highest BCUT2D eigenvalue weighted by molar-refractivity contribution is 5.83. The summed E-state index contributed by atoms with van der Waals surface area (Å²) in [6.45, 7) is 1.82. The third-order valence-electron chi connectivity index (χ3n) is 4.74. The van der Waals surface area contributed by atoms with Gasteiger partial charge < -0.3 is 10.4 Å². The first kappa shape index (κ1) is 16.4. The Bertz CT molecular complexity index is 987. The van der Waals surface area contributed by atoms with Gasteiger partial charge in [-0.05, 0) is 49.8 Å². The number of nitrogens with one attached hydrogen (secondary N) is 1. The average Bonchev–Trinajstić information content (AvgIpc) is 3.21. The molecule has 2 atom stereocenters. The number of fused-ring (bicyclic) bond motifs is 1. The number of hydrogen-bond acceptors (Lipinski definition) is 5. The zero-order valence-electron chi connectivity index (χ0n) is 14.2. The molecule has 2 aromatic heterocycles. The van der Waals surface area contributed by atoms with Crippen LogP contribution in [0.25, 0.3) is 5.78 Å². The number of aryl methyl sites for hydroxylation is 1. The molecule has 1 fully saturated rings. The van der Waals surface area contributed by atoms with Crippen LogP contribution < -0.4 is 5.32 Å². The second kappa shape index (κ2) is 6.36. The summed E-state index contributed by atoms with van der Waals surface area (Å²) in [6.07, 6.45) is 2.77. The smallest absolute Gasteiger partial charge is 0.375 e. The number of carbonyl (C=O) groups is 1. The quantitative estimate of drug-likeness (QED) is 0.747. The van der Waals surface area contributed by atoms with Gasteiger partial charge in [0.25, 0.3) is 11.6 Å². The van der Waals surface area contributed by atoms with E-state index in [0.717, 1.165) is 30.5 Å². The fourth-order valence-electron chi connectivity index (χ4n) is 3.57. The molecule has 3 aromatic rings. The lowest BCUT2D eigenvalue weighted by atomic mass is 9.97. The van der Waals surface area contributed by atoms with Crippen molar-refractivity contribution in [3.8, 4) is 0 Å². The number of anilines is 1. The Balaban J connectivity index is 1.57. The first-order chi connectivity index (χ1) is 12.5. The van der Waals surface area contributed by atoms with Crippen molar-refractivity contribution in [2.45, 2.75) is 38.1 Å². The van der Waals surface area contributed by atoms with Crippen molar-refractivity contribution in [3.05, 3.63) is 53.2 Å².